The number of hydrogen-bond donors (Lipinski definition) is 3. The third kappa shape index (κ3) is 3.82. The first kappa shape index (κ1) is 19.1. The van der Waals surface area contributed by atoms with Crippen LogP contribution < -0.4 is 5.32 Å². The van der Waals surface area contributed by atoms with E-state index < -0.39 is 0 Å². The predicted octanol–water partition coefficient (Wildman–Crippen LogP) is 6.89. The molecule has 0 amide bonds. The monoisotopic (exact) mass is 407 g/mol. The van der Waals surface area contributed by atoms with Crippen LogP contribution in [0.4, 0.5) is 5.69 Å². The molecule has 5 nitrogen and oxygen atoms in total. The van der Waals surface area contributed by atoms with Crippen LogP contribution in [0.3, 0.4) is 0 Å². The lowest BCUT2D eigenvalue weighted by Crippen LogP contribution is -1.98. The average Bonchev–Trinajstić information content (AvgIpc) is 3.41. The van der Waals surface area contributed by atoms with Crippen molar-refractivity contribution in [3.63, 3.8) is 0 Å². The van der Waals surface area contributed by atoms with Crippen LogP contribution in [0.1, 0.15) is 26.2 Å². The standard InChI is InChI=1S/C26H25N5/c1-3-4-7-17(2)28-21-12-20(15-27-16-21)18-10-11-24-22(13-18)26(31-30-24)25-14-19-8-5-6-9-23(19)29-25/h5-6,8-16,28-29H,2-4,7H2,1H3,(H,30,31). The number of para-hydroxylation sites is 1. The van der Waals surface area contributed by atoms with Gasteiger partial charge in [0.2, 0.25) is 0 Å². The fraction of sp³-hybridized carbons (Fsp3) is 0.154. The van der Waals surface area contributed by atoms with Gasteiger partial charge in [-0.2, -0.15) is 5.10 Å². The SMILES string of the molecule is C=C(CCCC)Nc1cncc(-c2ccc3[nH]nc(-c4cc5ccccc5[nH]4)c3c2)c1. The minimum atomic E-state index is 0.920. The zero-order valence-electron chi connectivity index (χ0n) is 17.6. The maximum atomic E-state index is 4.59. The summed E-state index contributed by atoms with van der Waals surface area (Å²) < 4.78 is 0. The molecule has 3 N–H and O–H groups in total. The van der Waals surface area contributed by atoms with E-state index in [-0.39, 0.29) is 0 Å². The zero-order valence-corrected chi connectivity index (χ0v) is 17.6. The van der Waals surface area contributed by atoms with Gasteiger partial charge in [-0.3, -0.25) is 10.1 Å². The highest BCUT2D eigenvalue weighted by Crippen LogP contribution is 2.32. The number of nitrogens with one attached hydrogen (secondary N) is 3. The zero-order chi connectivity index (χ0) is 21.2. The van der Waals surface area contributed by atoms with Crippen molar-refractivity contribution in [3.8, 4) is 22.5 Å². The molecule has 3 aromatic heterocycles. The molecule has 5 aromatic rings. The number of aromatic amines is 2. The molecule has 0 radical (unpaired) electrons. The van der Waals surface area contributed by atoms with Gasteiger partial charge in [-0.15, -0.1) is 0 Å². The number of unbranched alkanes of at least 4 members (excludes halogenated alkanes) is 1. The summed E-state index contributed by atoms with van der Waals surface area (Å²) in [4.78, 5) is 7.92. The first-order valence-electron chi connectivity index (χ1n) is 10.7. The maximum Gasteiger partial charge on any atom is 0.116 e. The van der Waals surface area contributed by atoms with Crippen molar-refractivity contribution in [2.24, 2.45) is 0 Å². The lowest BCUT2D eigenvalue weighted by Gasteiger charge is -2.10. The second-order valence-electron chi connectivity index (χ2n) is 7.90. The molecule has 154 valence electrons. The van der Waals surface area contributed by atoms with Crippen molar-refractivity contribution in [2.45, 2.75) is 26.2 Å². The second-order valence-corrected chi connectivity index (χ2v) is 7.90. The summed E-state index contributed by atoms with van der Waals surface area (Å²) in [6, 6.07) is 18.9. The summed E-state index contributed by atoms with van der Waals surface area (Å²) in [5, 5.41) is 13.4. The molecule has 0 aliphatic rings. The highest BCUT2D eigenvalue weighted by Gasteiger charge is 2.12. The number of fused-ring (bicyclic) bond motifs is 2. The summed E-state index contributed by atoms with van der Waals surface area (Å²) in [6.45, 7) is 6.32. The summed E-state index contributed by atoms with van der Waals surface area (Å²) in [5.41, 5.74) is 8.17. The Hall–Kier alpha value is -3.86. The number of pyridine rings is 1. The Kier molecular flexibility index (Phi) is 5.00. The number of benzene rings is 2. The van der Waals surface area contributed by atoms with Crippen molar-refractivity contribution in [1.82, 2.24) is 20.2 Å². The summed E-state index contributed by atoms with van der Waals surface area (Å²) in [7, 11) is 0. The Balaban J connectivity index is 1.49. The normalized spacial score (nSPS) is 11.3. The van der Waals surface area contributed by atoms with Crippen molar-refractivity contribution >= 4 is 27.5 Å². The summed E-state index contributed by atoms with van der Waals surface area (Å²) in [5.74, 6) is 0. The van der Waals surface area contributed by atoms with E-state index in [1.165, 1.54) is 5.39 Å². The van der Waals surface area contributed by atoms with Gasteiger partial charge in [-0.05, 0) is 48.7 Å². The number of anilines is 1. The van der Waals surface area contributed by atoms with Crippen LogP contribution in [0.2, 0.25) is 0 Å². The number of aromatic nitrogens is 4. The van der Waals surface area contributed by atoms with E-state index in [9.17, 15) is 0 Å². The smallest absolute Gasteiger partial charge is 0.116 e. The predicted molar refractivity (Wildman–Crippen MR) is 129 cm³/mol. The van der Waals surface area contributed by atoms with Gasteiger partial charge in [-0.1, -0.05) is 44.2 Å². The van der Waals surface area contributed by atoms with E-state index >= 15 is 0 Å². The van der Waals surface area contributed by atoms with E-state index in [0.717, 1.165) is 69.6 Å². The molecule has 0 aliphatic heterocycles. The molecule has 31 heavy (non-hydrogen) atoms. The first-order chi connectivity index (χ1) is 15.2. The van der Waals surface area contributed by atoms with Gasteiger partial charge < -0.3 is 10.3 Å². The Bertz CT molecular complexity index is 1340. The van der Waals surface area contributed by atoms with Crippen LogP contribution in [0.5, 0.6) is 0 Å². The Morgan fingerprint density at radius 3 is 2.77 bits per heavy atom. The third-order valence-corrected chi connectivity index (χ3v) is 5.57. The van der Waals surface area contributed by atoms with E-state index in [4.69, 9.17) is 0 Å². The molecule has 0 spiro atoms. The molecule has 5 rings (SSSR count). The Labute approximate surface area is 181 Å². The van der Waals surface area contributed by atoms with Crippen molar-refractivity contribution < 1.29 is 0 Å². The number of hydrogen-bond acceptors (Lipinski definition) is 3. The molecule has 0 aliphatic carbocycles. The lowest BCUT2D eigenvalue weighted by molar-refractivity contribution is 0.791. The van der Waals surface area contributed by atoms with Crippen LogP contribution in [0.25, 0.3) is 44.3 Å². The third-order valence-electron chi connectivity index (χ3n) is 5.57. The molecule has 5 heteroatoms. The van der Waals surface area contributed by atoms with Crippen molar-refractivity contribution in [3.05, 3.63) is 79.3 Å². The highest BCUT2D eigenvalue weighted by atomic mass is 15.1. The van der Waals surface area contributed by atoms with Crippen molar-refractivity contribution in [2.75, 3.05) is 5.32 Å². The molecule has 2 aromatic carbocycles. The molecule has 0 unspecified atom stereocenters. The van der Waals surface area contributed by atoms with Crippen LogP contribution in [0, 0.1) is 0 Å². The molecule has 0 fully saturated rings. The van der Waals surface area contributed by atoms with Crippen LogP contribution in [0.15, 0.2) is 79.3 Å². The fourth-order valence-electron chi connectivity index (χ4n) is 3.92. The molecule has 0 saturated carbocycles. The second kappa shape index (κ2) is 8.11. The fourth-order valence-corrected chi connectivity index (χ4v) is 3.92. The number of H-pyrrole nitrogens is 2. The minimum Gasteiger partial charge on any atom is -0.358 e. The number of rotatable bonds is 7. The Morgan fingerprint density at radius 2 is 1.90 bits per heavy atom. The molecule has 0 bridgehead atoms. The number of allylic oxidation sites excluding steroid dienone is 1. The summed E-state index contributed by atoms with van der Waals surface area (Å²) >= 11 is 0. The van der Waals surface area contributed by atoms with Crippen LogP contribution in [-0.4, -0.2) is 20.2 Å². The minimum absolute atomic E-state index is 0.920. The molecular formula is C26H25N5. The van der Waals surface area contributed by atoms with Gasteiger partial charge in [0.15, 0.2) is 0 Å². The Morgan fingerprint density at radius 1 is 1.00 bits per heavy atom. The molecular weight excluding hydrogens is 382 g/mol. The van der Waals surface area contributed by atoms with Crippen molar-refractivity contribution in [1.29, 1.82) is 0 Å². The average molecular weight is 408 g/mol. The quantitative estimate of drug-likeness (QED) is 0.275. The molecule has 3 heterocycles. The number of nitrogens with zero attached hydrogens (tertiary/aromatic N) is 2. The van der Waals surface area contributed by atoms with E-state index in [0.29, 0.717) is 0 Å². The van der Waals surface area contributed by atoms with Crippen LogP contribution in [-0.2, 0) is 0 Å². The largest absolute Gasteiger partial charge is 0.358 e. The van der Waals surface area contributed by atoms with Gasteiger partial charge in [0, 0.05) is 33.7 Å². The van der Waals surface area contributed by atoms with Gasteiger partial charge in [0.1, 0.15) is 5.69 Å². The lowest BCUT2D eigenvalue weighted by atomic mass is 10.0. The van der Waals surface area contributed by atoms with Gasteiger partial charge in [0.25, 0.3) is 0 Å². The van der Waals surface area contributed by atoms with Gasteiger partial charge in [0.05, 0.1) is 23.1 Å². The van der Waals surface area contributed by atoms with Gasteiger partial charge >= 0.3 is 0 Å². The highest BCUT2D eigenvalue weighted by molar-refractivity contribution is 5.97. The maximum absolute atomic E-state index is 4.59. The first-order valence-corrected chi connectivity index (χ1v) is 10.7. The summed E-state index contributed by atoms with van der Waals surface area (Å²) in [6.07, 6.45) is 6.99. The van der Waals surface area contributed by atoms with E-state index in [1.54, 1.807) is 0 Å². The van der Waals surface area contributed by atoms with Gasteiger partial charge in [-0.25, -0.2) is 0 Å². The molecule has 0 saturated heterocycles. The topological polar surface area (TPSA) is 69.4 Å². The molecule has 0 atom stereocenters. The van der Waals surface area contributed by atoms with E-state index in [2.05, 4.69) is 81.4 Å². The van der Waals surface area contributed by atoms with E-state index in [1.807, 2.05) is 24.5 Å². The van der Waals surface area contributed by atoms with Crippen LogP contribution >= 0.6 is 0 Å².